The first-order valence-corrected chi connectivity index (χ1v) is 7.33. The predicted molar refractivity (Wildman–Crippen MR) is 84.9 cm³/mol. The minimum Gasteiger partial charge on any atom is -0.289 e. The monoisotopic (exact) mass is 289 g/mol. The van der Waals surface area contributed by atoms with Crippen molar-refractivity contribution < 1.29 is 4.79 Å². The number of aryl methyl sites for hydroxylation is 1. The van der Waals surface area contributed by atoms with Gasteiger partial charge >= 0.3 is 0 Å². The van der Waals surface area contributed by atoms with Crippen molar-refractivity contribution in [3.05, 3.63) is 59.5 Å². The molecule has 4 heteroatoms. The molecule has 1 heterocycles. The van der Waals surface area contributed by atoms with E-state index in [4.69, 9.17) is 12.2 Å². The Hall–Kier alpha value is -1.39. The van der Waals surface area contributed by atoms with E-state index in [9.17, 15) is 4.79 Å². The van der Waals surface area contributed by atoms with Crippen LogP contribution in [0.5, 0.6) is 0 Å². The summed E-state index contributed by atoms with van der Waals surface area (Å²) in [6, 6.07) is 10.2. The van der Waals surface area contributed by atoms with Gasteiger partial charge in [-0.1, -0.05) is 66.5 Å². The third kappa shape index (κ3) is 3.55. The number of thioether (sulfide) groups is 1. The SMILES string of the molecule is C=CCN1C(=O)/C(=C/CCc2ccccc2)SC1=S. The largest absolute Gasteiger partial charge is 0.289 e. The van der Waals surface area contributed by atoms with Gasteiger partial charge in [-0.05, 0) is 18.4 Å². The average Bonchev–Trinajstić information content (AvgIpc) is 2.68. The Morgan fingerprint density at radius 3 is 2.74 bits per heavy atom. The Labute approximate surface area is 123 Å². The number of carbonyl (C=O) groups is 1. The van der Waals surface area contributed by atoms with Crippen LogP contribution < -0.4 is 0 Å². The molecule has 0 saturated carbocycles. The van der Waals surface area contributed by atoms with E-state index in [0.29, 0.717) is 10.9 Å². The summed E-state index contributed by atoms with van der Waals surface area (Å²) >= 11 is 6.56. The van der Waals surface area contributed by atoms with Gasteiger partial charge in [0.25, 0.3) is 5.91 Å². The lowest BCUT2D eigenvalue weighted by molar-refractivity contribution is -0.121. The first-order valence-electron chi connectivity index (χ1n) is 6.11. The number of allylic oxidation sites excluding steroid dienone is 1. The van der Waals surface area contributed by atoms with Crippen LogP contribution in [0.3, 0.4) is 0 Å². The highest BCUT2D eigenvalue weighted by atomic mass is 32.2. The summed E-state index contributed by atoms with van der Waals surface area (Å²) in [5.74, 6) is 0.00274. The van der Waals surface area contributed by atoms with Crippen LogP contribution in [0.15, 0.2) is 54.0 Å². The van der Waals surface area contributed by atoms with Gasteiger partial charge in [0.1, 0.15) is 4.32 Å². The second kappa shape index (κ2) is 6.68. The molecule has 1 saturated heterocycles. The van der Waals surface area contributed by atoms with Gasteiger partial charge in [0, 0.05) is 6.54 Å². The molecule has 0 unspecified atom stereocenters. The number of nitrogens with zero attached hydrogens (tertiary/aromatic N) is 1. The minimum absolute atomic E-state index is 0.00274. The molecule has 19 heavy (non-hydrogen) atoms. The van der Waals surface area contributed by atoms with E-state index < -0.39 is 0 Å². The Morgan fingerprint density at radius 1 is 1.32 bits per heavy atom. The van der Waals surface area contributed by atoms with Crippen LogP contribution in [-0.2, 0) is 11.2 Å². The number of hydrogen-bond acceptors (Lipinski definition) is 3. The Morgan fingerprint density at radius 2 is 2.05 bits per heavy atom. The molecule has 98 valence electrons. The number of rotatable bonds is 5. The van der Waals surface area contributed by atoms with Crippen molar-refractivity contribution in [3.63, 3.8) is 0 Å². The number of amides is 1. The lowest BCUT2D eigenvalue weighted by Crippen LogP contribution is -2.27. The molecule has 2 nitrogen and oxygen atoms in total. The van der Waals surface area contributed by atoms with Gasteiger partial charge in [-0.15, -0.1) is 6.58 Å². The molecule has 1 aliphatic rings. The van der Waals surface area contributed by atoms with Crippen LogP contribution in [0, 0.1) is 0 Å². The zero-order valence-corrected chi connectivity index (χ0v) is 12.2. The van der Waals surface area contributed by atoms with Gasteiger partial charge < -0.3 is 0 Å². The summed E-state index contributed by atoms with van der Waals surface area (Å²) in [5, 5.41) is 0. The molecule has 1 aromatic rings. The van der Waals surface area contributed by atoms with Crippen molar-refractivity contribution in [2.75, 3.05) is 6.54 Å². The maximum absolute atomic E-state index is 12.0. The van der Waals surface area contributed by atoms with Gasteiger partial charge in [0.05, 0.1) is 4.91 Å². The number of carbonyl (C=O) groups excluding carboxylic acids is 1. The zero-order valence-electron chi connectivity index (χ0n) is 10.5. The second-order valence-electron chi connectivity index (χ2n) is 4.17. The Kier molecular flexibility index (Phi) is 4.93. The van der Waals surface area contributed by atoms with Gasteiger partial charge in [0.2, 0.25) is 0 Å². The van der Waals surface area contributed by atoms with Crippen LogP contribution >= 0.6 is 24.0 Å². The van der Waals surface area contributed by atoms with Gasteiger partial charge in [-0.2, -0.15) is 0 Å². The molecule has 0 spiro atoms. The molecule has 0 radical (unpaired) electrons. The summed E-state index contributed by atoms with van der Waals surface area (Å²) in [4.78, 5) is 14.4. The predicted octanol–water partition coefficient (Wildman–Crippen LogP) is 3.55. The van der Waals surface area contributed by atoms with Crippen molar-refractivity contribution in [2.24, 2.45) is 0 Å². The second-order valence-corrected chi connectivity index (χ2v) is 5.84. The van der Waals surface area contributed by atoms with Crippen LogP contribution in [0.2, 0.25) is 0 Å². The van der Waals surface area contributed by atoms with E-state index in [0.717, 1.165) is 17.7 Å². The fourth-order valence-corrected chi connectivity index (χ4v) is 3.12. The number of benzene rings is 1. The van der Waals surface area contributed by atoms with Crippen LogP contribution in [-0.4, -0.2) is 21.7 Å². The fourth-order valence-electron chi connectivity index (χ4n) is 1.84. The number of thiocarbonyl (C=S) groups is 1. The van der Waals surface area contributed by atoms with Crippen molar-refractivity contribution in [1.82, 2.24) is 4.90 Å². The van der Waals surface area contributed by atoms with Crippen LogP contribution in [0.1, 0.15) is 12.0 Å². The molecule has 0 bridgehead atoms. The zero-order chi connectivity index (χ0) is 13.7. The lowest BCUT2D eigenvalue weighted by Gasteiger charge is -2.10. The summed E-state index contributed by atoms with van der Waals surface area (Å²) < 4.78 is 0.621. The molecule has 1 fully saturated rings. The van der Waals surface area contributed by atoms with Crippen molar-refractivity contribution in [1.29, 1.82) is 0 Å². The quantitative estimate of drug-likeness (QED) is 0.470. The van der Waals surface area contributed by atoms with E-state index in [1.165, 1.54) is 17.3 Å². The number of hydrogen-bond donors (Lipinski definition) is 0. The maximum Gasteiger partial charge on any atom is 0.266 e. The van der Waals surface area contributed by atoms with Crippen molar-refractivity contribution >= 4 is 34.2 Å². The highest BCUT2D eigenvalue weighted by Gasteiger charge is 2.30. The van der Waals surface area contributed by atoms with E-state index in [-0.39, 0.29) is 5.91 Å². The average molecular weight is 289 g/mol. The summed E-state index contributed by atoms with van der Waals surface area (Å²) in [6.07, 6.45) is 5.46. The van der Waals surface area contributed by atoms with Crippen molar-refractivity contribution in [2.45, 2.75) is 12.8 Å². The topological polar surface area (TPSA) is 20.3 Å². The van der Waals surface area contributed by atoms with Crippen LogP contribution in [0.25, 0.3) is 0 Å². The normalized spacial score (nSPS) is 17.3. The molecule has 2 rings (SSSR count). The third-order valence-electron chi connectivity index (χ3n) is 2.79. The van der Waals surface area contributed by atoms with Gasteiger partial charge in [-0.25, -0.2) is 0 Å². The first-order chi connectivity index (χ1) is 9.22. The Bertz CT molecular complexity index is 522. The van der Waals surface area contributed by atoms with E-state index in [1.807, 2.05) is 24.3 Å². The standard InChI is InChI=1S/C15H15NOS2/c1-2-11-16-14(17)13(19-15(16)18)10-6-9-12-7-4-3-5-8-12/h2-5,7-8,10H,1,6,9,11H2/b13-10-. The lowest BCUT2D eigenvalue weighted by atomic mass is 10.1. The van der Waals surface area contributed by atoms with Gasteiger partial charge in [-0.3, -0.25) is 9.69 Å². The molecule has 1 amide bonds. The maximum atomic E-state index is 12.0. The first kappa shape index (κ1) is 14.0. The van der Waals surface area contributed by atoms with Crippen LogP contribution in [0.4, 0.5) is 0 Å². The molecule has 0 N–H and O–H groups in total. The van der Waals surface area contributed by atoms with E-state index in [2.05, 4.69) is 18.7 Å². The molecular formula is C15H15NOS2. The van der Waals surface area contributed by atoms with E-state index >= 15 is 0 Å². The van der Waals surface area contributed by atoms with Gasteiger partial charge in [0.15, 0.2) is 0 Å². The molecule has 1 aliphatic heterocycles. The molecular weight excluding hydrogens is 274 g/mol. The Balaban J connectivity index is 1.95. The molecule has 0 aromatic heterocycles. The van der Waals surface area contributed by atoms with E-state index in [1.54, 1.807) is 11.0 Å². The molecule has 0 atom stereocenters. The highest BCUT2D eigenvalue weighted by Crippen LogP contribution is 2.31. The molecule has 0 aliphatic carbocycles. The highest BCUT2D eigenvalue weighted by molar-refractivity contribution is 8.26. The third-order valence-corrected chi connectivity index (χ3v) is 4.22. The fraction of sp³-hybridized carbons (Fsp3) is 0.200. The summed E-state index contributed by atoms with van der Waals surface area (Å²) in [5.41, 5.74) is 1.28. The molecule has 1 aromatic carbocycles. The minimum atomic E-state index is 0.00274. The summed E-state index contributed by atoms with van der Waals surface area (Å²) in [6.45, 7) is 4.12. The summed E-state index contributed by atoms with van der Waals surface area (Å²) in [7, 11) is 0. The smallest absolute Gasteiger partial charge is 0.266 e. The van der Waals surface area contributed by atoms with Crippen molar-refractivity contribution in [3.8, 4) is 0 Å².